The fraction of sp³-hybridized carbons (Fsp3) is 0.355. The third-order valence-corrected chi connectivity index (χ3v) is 8.15. The van der Waals surface area contributed by atoms with E-state index in [2.05, 4.69) is 5.32 Å². The Morgan fingerprint density at radius 2 is 1.61 bits per heavy atom. The van der Waals surface area contributed by atoms with Crippen molar-refractivity contribution in [1.29, 1.82) is 0 Å². The molecule has 0 bridgehead atoms. The summed E-state index contributed by atoms with van der Waals surface area (Å²) in [5, 5.41) is 3.86. The van der Waals surface area contributed by atoms with Crippen molar-refractivity contribution < 1.29 is 14.0 Å². The van der Waals surface area contributed by atoms with Gasteiger partial charge < -0.3 is 10.2 Å². The summed E-state index contributed by atoms with van der Waals surface area (Å²) in [6.45, 7) is 0.284. The smallest absolute Gasteiger partial charge is 0.243 e. The number of hydrogen-bond donors (Lipinski definition) is 1. The van der Waals surface area contributed by atoms with Crippen LogP contribution in [0.3, 0.4) is 0 Å². The minimum Gasteiger partial charge on any atom is -0.352 e. The fourth-order valence-corrected chi connectivity index (χ4v) is 5.85. The number of carbonyl (C=O) groups excluding carboxylic acids is 2. The molecule has 7 heteroatoms. The van der Waals surface area contributed by atoms with Crippen molar-refractivity contribution in [2.75, 3.05) is 5.75 Å². The van der Waals surface area contributed by atoms with Gasteiger partial charge in [-0.15, -0.1) is 11.8 Å². The molecule has 200 valence electrons. The maximum absolute atomic E-state index is 14.1. The highest BCUT2D eigenvalue weighted by atomic mass is 35.5. The van der Waals surface area contributed by atoms with Crippen LogP contribution in [-0.2, 0) is 28.3 Å². The van der Waals surface area contributed by atoms with Crippen molar-refractivity contribution in [2.45, 2.75) is 62.9 Å². The molecule has 4 rings (SSSR count). The Morgan fingerprint density at radius 3 is 2.32 bits per heavy atom. The van der Waals surface area contributed by atoms with E-state index < -0.39 is 6.04 Å². The Balaban J connectivity index is 1.56. The standard InChI is InChI=1S/C31H34ClFN2O2S/c32-26-17-15-24(16-18-26)20-35(30(36)22-38-21-25-11-7-8-14-28(25)33)29(19-23-9-3-1-4-10-23)31(37)34-27-12-5-2-6-13-27/h1,3-4,7-11,14-18,27,29H,2,5-6,12-13,19-22H2,(H,34,37)/t29-/m0/s1. The van der Waals surface area contributed by atoms with E-state index in [1.165, 1.54) is 24.2 Å². The van der Waals surface area contributed by atoms with Crippen molar-refractivity contribution in [3.05, 3.63) is 106 Å². The Labute approximate surface area is 234 Å². The lowest BCUT2D eigenvalue weighted by atomic mass is 9.94. The van der Waals surface area contributed by atoms with Crippen LogP contribution in [0.2, 0.25) is 5.02 Å². The molecule has 38 heavy (non-hydrogen) atoms. The van der Waals surface area contributed by atoms with Gasteiger partial charge in [-0.1, -0.05) is 91.5 Å². The van der Waals surface area contributed by atoms with Crippen LogP contribution in [0.4, 0.5) is 4.39 Å². The number of amides is 2. The second-order valence-electron chi connectivity index (χ2n) is 9.78. The summed E-state index contributed by atoms with van der Waals surface area (Å²) in [4.78, 5) is 29.2. The first-order chi connectivity index (χ1) is 18.5. The number of nitrogens with zero attached hydrogens (tertiary/aromatic N) is 1. The molecule has 0 saturated heterocycles. The fourth-order valence-electron chi connectivity index (χ4n) is 4.83. The summed E-state index contributed by atoms with van der Waals surface area (Å²) in [6.07, 6.45) is 5.75. The van der Waals surface area contributed by atoms with E-state index in [4.69, 9.17) is 11.6 Å². The van der Waals surface area contributed by atoms with Crippen LogP contribution in [0.5, 0.6) is 0 Å². The van der Waals surface area contributed by atoms with E-state index in [-0.39, 0.29) is 36.0 Å². The number of nitrogens with one attached hydrogen (secondary N) is 1. The molecule has 0 heterocycles. The minimum atomic E-state index is -0.670. The van der Waals surface area contributed by atoms with Crippen molar-refractivity contribution >= 4 is 35.2 Å². The number of carbonyl (C=O) groups is 2. The van der Waals surface area contributed by atoms with Crippen molar-refractivity contribution in [3.8, 4) is 0 Å². The average Bonchev–Trinajstić information content (AvgIpc) is 2.94. The third kappa shape index (κ3) is 8.34. The van der Waals surface area contributed by atoms with E-state index in [9.17, 15) is 14.0 Å². The SMILES string of the molecule is O=C(NC1CCCCC1)[C@H](Cc1ccccc1)N(Cc1ccc(Cl)cc1)C(=O)CSCc1ccccc1F. The summed E-state index contributed by atoms with van der Waals surface area (Å²) in [7, 11) is 0. The minimum absolute atomic E-state index is 0.123. The molecular weight excluding hydrogens is 519 g/mol. The molecule has 0 spiro atoms. The van der Waals surface area contributed by atoms with Crippen molar-refractivity contribution in [1.82, 2.24) is 10.2 Å². The van der Waals surface area contributed by atoms with Gasteiger partial charge in [0.15, 0.2) is 0 Å². The summed E-state index contributed by atoms with van der Waals surface area (Å²) in [5.41, 5.74) is 2.44. The van der Waals surface area contributed by atoms with E-state index >= 15 is 0 Å². The largest absolute Gasteiger partial charge is 0.352 e. The Bertz CT molecular complexity index is 1190. The third-order valence-electron chi connectivity index (χ3n) is 6.93. The molecule has 2 amide bonds. The first kappa shape index (κ1) is 28.2. The van der Waals surface area contributed by atoms with Gasteiger partial charge in [0.1, 0.15) is 11.9 Å². The average molecular weight is 553 g/mol. The van der Waals surface area contributed by atoms with Gasteiger partial charge in [0.25, 0.3) is 0 Å². The molecule has 1 aliphatic carbocycles. The maximum Gasteiger partial charge on any atom is 0.243 e. The molecule has 1 fully saturated rings. The van der Waals surface area contributed by atoms with E-state index in [1.807, 2.05) is 42.5 Å². The van der Waals surface area contributed by atoms with Crippen LogP contribution in [0, 0.1) is 5.82 Å². The molecule has 1 atom stereocenters. The number of benzene rings is 3. The van der Waals surface area contributed by atoms with Crippen LogP contribution in [-0.4, -0.2) is 34.6 Å². The zero-order chi connectivity index (χ0) is 26.7. The Kier molecular flexibility index (Phi) is 10.6. The van der Waals surface area contributed by atoms with Gasteiger partial charge in [-0.25, -0.2) is 4.39 Å². The molecule has 0 aromatic heterocycles. The van der Waals surface area contributed by atoms with E-state index in [1.54, 1.807) is 35.2 Å². The van der Waals surface area contributed by atoms with Crippen LogP contribution in [0.15, 0.2) is 78.9 Å². The molecule has 0 radical (unpaired) electrons. The van der Waals surface area contributed by atoms with E-state index in [0.717, 1.165) is 36.8 Å². The summed E-state index contributed by atoms with van der Waals surface area (Å²) < 4.78 is 14.1. The van der Waals surface area contributed by atoms with Crippen LogP contribution < -0.4 is 5.32 Å². The molecule has 0 aliphatic heterocycles. The molecule has 1 aliphatic rings. The zero-order valence-corrected chi connectivity index (χ0v) is 23.0. The molecule has 4 nitrogen and oxygen atoms in total. The lowest BCUT2D eigenvalue weighted by Gasteiger charge is -2.33. The number of thioether (sulfide) groups is 1. The zero-order valence-electron chi connectivity index (χ0n) is 21.5. The van der Waals surface area contributed by atoms with Crippen LogP contribution in [0.25, 0.3) is 0 Å². The Morgan fingerprint density at radius 1 is 0.921 bits per heavy atom. The topological polar surface area (TPSA) is 49.4 Å². The van der Waals surface area contributed by atoms with Gasteiger partial charge in [-0.05, 0) is 47.7 Å². The molecule has 0 unspecified atom stereocenters. The first-order valence-corrected chi connectivity index (χ1v) is 14.7. The number of rotatable bonds is 11. The molecule has 1 N–H and O–H groups in total. The van der Waals surface area contributed by atoms with Crippen molar-refractivity contribution in [3.63, 3.8) is 0 Å². The lowest BCUT2D eigenvalue weighted by molar-refractivity contribution is -0.139. The normalized spacial score (nSPS) is 14.6. The monoisotopic (exact) mass is 552 g/mol. The highest BCUT2D eigenvalue weighted by molar-refractivity contribution is 7.99. The maximum atomic E-state index is 14.1. The molecule has 3 aromatic rings. The van der Waals surface area contributed by atoms with Gasteiger partial charge in [0, 0.05) is 29.8 Å². The van der Waals surface area contributed by atoms with E-state index in [0.29, 0.717) is 22.8 Å². The summed E-state index contributed by atoms with van der Waals surface area (Å²) >= 11 is 7.46. The summed E-state index contributed by atoms with van der Waals surface area (Å²) in [5.74, 6) is -0.0307. The number of hydrogen-bond acceptors (Lipinski definition) is 3. The quantitative estimate of drug-likeness (QED) is 0.284. The van der Waals surface area contributed by atoms with Gasteiger partial charge in [0.2, 0.25) is 11.8 Å². The van der Waals surface area contributed by atoms with Gasteiger partial charge in [-0.2, -0.15) is 0 Å². The van der Waals surface area contributed by atoms with Crippen molar-refractivity contribution in [2.24, 2.45) is 0 Å². The summed E-state index contributed by atoms with van der Waals surface area (Å²) in [6, 6.07) is 23.2. The predicted molar refractivity (Wildman–Crippen MR) is 154 cm³/mol. The molecule has 1 saturated carbocycles. The highest BCUT2D eigenvalue weighted by Gasteiger charge is 2.31. The van der Waals surface area contributed by atoms with Gasteiger partial charge in [0.05, 0.1) is 5.75 Å². The van der Waals surface area contributed by atoms with Crippen LogP contribution in [0.1, 0.15) is 48.8 Å². The molecule has 3 aromatic carbocycles. The first-order valence-electron chi connectivity index (χ1n) is 13.2. The molecular formula is C31H34ClFN2O2S. The van der Waals surface area contributed by atoms with Gasteiger partial charge in [-0.3, -0.25) is 9.59 Å². The lowest BCUT2D eigenvalue weighted by Crippen LogP contribution is -2.53. The predicted octanol–water partition coefficient (Wildman–Crippen LogP) is 6.80. The second kappa shape index (κ2) is 14.4. The van der Waals surface area contributed by atoms with Gasteiger partial charge >= 0.3 is 0 Å². The number of halogens is 2. The van der Waals surface area contributed by atoms with Crippen LogP contribution >= 0.6 is 23.4 Å². The highest BCUT2D eigenvalue weighted by Crippen LogP contribution is 2.22. The Hall–Kier alpha value is -2.83. The second-order valence-corrected chi connectivity index (χ2v) is 11.2.